The van der Waals surface area contributed by atoms with Crippen LogP contribution >= 0.6 is 0 Å². The Kier molecular flexibility index (Phi) is 3.08. The molecule has 0 bridgehead atoms. The summed E-state index contributed by atoms with van der Waals surface area (Å²) >= 11 is 0. The van der Waals surface area contributed by atoms with E-state index in [2.05, 4.69) is 0 Å². The number of carbonyl (C=O) groups excluding carboxylic acids is 2. The molecule has 1 aliphatic carbocycles. The van der Waals surface area contributed by atoms with Crippen LogP contribution in [0.5, 0.6) is 0 Å². The van der Waals surface area contributed by atoms with E-state index in [4.69, 9.17) is 4.74 Å². The number of rotatable bonds is 1. The van der Waals surface area contributed by atoms with Gasteiger partial charge in [-0.1, -0.05) is 0 Å². The van der Waals surface area contributed by atoms with E-state index in [9.17, 15) is 9.59 Å². The summed E-state index contributed by atoms with van der Waals surface area (Å²) in [6.07, 6.45) is 0. The van der Waals surface area contributed by atoms with E-state index in [1.54, 1.807) is 13.8 Å². The van der Waals surface area contributed by atoms with Crippen molar-refractivity contribution in [3.63, 3.8) is 0 Å². The number of hydrogen-bond donors (Lipinski definition) is 0. The topological polar surface area (TPSA) is 43.4 Å². The number of ketones is 1. The highest BCUT2D eigenvalue weighted by molar-refractivity contribution is 6.07. The van der Waals surface area contributed by atoms with E-state index in [1.165, 1.54) is 6.92 Å². The van der Waals surface area contributed by atoms with Crippen LogP contribution in [0.3, 0.4) is 0 Å². The van der Waals surface area contributed by atoms with Crippen molar-refractivity contribution in [1.29, 1.82) is 0 Å². The lowest BCUT2D eigenvalue weighted by molar-refractivity contribution is -0.158. The quantitative estimate of drug-likeness (QED) is 0.640. The third-order valence-corrected chi connectivity index (χ3v) is 3.52. The first-order valence-corrected chi connectivity index (χ1v) is 5.32. The number of Topliss-reactive ketones (excluding diaryl/α,β-unsaturated/α-hetero) is 1. The van der Waals surface area contributed by atoms with Gasteiger partial charge in [0.1, 0.15) is 0 Å². The highest BCUT2D eigenvalue weighted by Crippen LogP contribution is 2.36. The molecule has 1 aliphatic rings. The average Bonchev–Trinajstić information content (AvgIpc) is 2.21. The highest BCUT2D eigenvalue weighted by Gasteiger charge is 2.43. The van der Waals surface area contributed by atoms with Crippen molar-refractivity contribution in [2.24, 2.45) is 0 Å². The molecule has 0 spiro atoms. The van der Waals surface area contributed by atoms with Gasteiger partial charge in [-0.15, -0.1) is 0 Å². The summed E-state index contributed by atoms with van der Waals surface area (Å²) in [6.45, 7) is 10.5. The van der Waals surface area contributed by atoms with Crippen LogP contribution in [0, 0.1) is 0 Å². The molecule has 3 heteroatoms. The van der Waals surface area contributed by atoms with Crippen LogP contribution in [0.25, 0.3) is 0 Å². The Morgan fingerprint density at radius 3 is 2.00 bits per heavy atom. The average molecular weight is 222 g/mol. The Morgan fingerprint density at radius 1 is 1.06 bits per heavy atom. The predicted octanol–water partition coefficient (Wildman–Crippen LogP) is 2.56. The van der Waals surface area contributed by atoms with Gasteiger partial charge in [-0.05, 0) is 56.9 Å². The number of carbonyl (C=O) groups is 2. The van der Waals surface area contributed by atoms with Crippen LogP contribution in [0.4, 0.5) is 0 Å². The molecular weight excluding hydrogens is 204 g/mol. The minimum absolute atomic E-state index is 0.122. The number of allylic oxidation sites excluding steroid dienone is 2. The van der Waals surface area contributed by atoms with Crippen molar-refractivity contribution in [2.45, 2.75) is 47.1 Å². The molecule has 0 saturated heterocycles. The summed E-state index contributed by atoms with van der Waals surface area (Å²) in [4.78, 5) is 23.3. The smallest absolute Gasteiger partial charge is 0.303 e. The monoisotopic (exact) mass is 222 g/mol. The van der Waals surface area contributed by atoms with Gasteiger partial charge in [0.05, 0.1) is 0 Å². The molecule has 88 valence electrons. The lowest BCUT2D eigenvalue weighted by Gasteiger charge is -2.34. The zero-order chi connectivity index (χ0) is 12.7. The van der Waals surface area contributed by atoms with E-state index in [-0.39, 0.29) is 5.78 Å². The molecule has 0 N–H and O–H groups in total. The van der Waals surface area contributed by atoms with Gasteiger partial charge < -0.3 is 4.74 Å². The zero-order valence-corrected chi connectivity index (χ0v) is 10.7. The van der Waals surface area contributed by atoms with Crippen LogP contribution in [-0.2, 0) is 14.3 Å². The second-order valence-corrected chi connectivity index (χ2v) is 4.46. The minimum atomic E-state index is -1.13. The molecule has 0 radical (unpaired) electrons. The maximum Gasteiger partial charge on any atom is 0.303 e. The van der Waals surface area contributed by atoms with E-state index < -0.39 is 11.6 Å². The summed E-state index contributed by atoms with van der Waals surface area (Å²) in [6, 6.07) is 0. The Hall–Kier alpha value is -1.38. The molecular formula is C13H18O3. The number of ether oxygens (including phenoxy) is 1. The highest BCUT2D eigenvalue weighted by atomic mass is 16.6. The summed E-state index contributed by atoms with van der Waals surface area (Å²) in [5.74, 6) is -0.557. The van der Waals surface area contributed by atoms with Crippen molar-refractivity contribution < 1.29 is 14.3 Å². The summed E-state index contributed by atoms with van der Waals surface area (Å²) in [5, 5.41) is 0. The molecule has 0 aromatic rings. The number of esters is 1. The first-order chi connectivity index (χ1) is 7.21. The third-order valence-electron chi connectivity index (χ3n) is 3.52. The van der Waals surface area contributed by atoms with Crippen LogP contribution in [0.2, 0.25) is 0 Å². The van der Waals surface area contributed by atoms with Gasteiger partial charge in [-0.25, -0.2) is 0 Å². The fourth-order valence-corrected chi connectivity index (χ4v) is 2.03. The van der Waals surface area contributed by atoms with E-state index in [0.717, 1.165) is 16.7 Å². The molecule has 0 saturated carbocycles. The van der Waals surface area contributed by atoms with Gasteiger partial charge >= 0.3 is 5.97 Å². The lowest BCUT2D eigenvalue weighted by Crippen LogP contribution is -2.44. The third kappa shape index (κ3) is 1.70. The van der Waals surface area contributed by atoms with Crippen molar-refractivity contribution in [3.8, 4) is 0 Å². The van der Waals surface area contributed by atoms with Crippen LogP contribution < -0.4 is 0 Å². The van der Waals surface area contributed by atoms with Crippen molar-refractivity contribution in [3.05, 3.63) is 22.3 Å². The van der Waals surface area contributed by atoms with E-state index >= 15 is 0 Å². The van der Waals surface area contributed by atoms with Crippen LogP contribution in [-0.4, -0.2) is 17.4 Å². The molecule has 16 heavy (non-hydrogen) atoms. The van der Waals surface area contributed by atoms with E-state index in [1.807, 2.05) is 20.8 Å². The molecule has 3 nitrogen and oxygen atoms in total. The maximum atomic E-state index is 12.2. The fraction of sp³-hybridized carbons (Fsp3) is 0.538. The largest absolute Gasteiger partial charge is 0.447 e. The Balaban J connectivity index is 3.35. The molecule has 1 rings (SSSR count). The molecule has 0 amide bonds. The van der Waals surface area contributed by atoms with Crippen molar-refractivity contribution in [1.82, 2.24) is 0 Å². The van der Waals surface area contributed by atoms with Crippen LogP contribution in [0.15, 0.2) is 22.3 Å². The van der Waals surface area contributed by atoms with Crippen LogP contribution in [0.1, 0.15) is 41.5 Å². The minimum Gasteiger partial charge on any atom is -0.447 e. The molecule has 0 aliphatic heterocycles. The summed E-state index contributed by atoms with van der Waals surface area (Å²) in [5.41, 5.74) is 2.37. The summed E-state index contributed by atoms with van der Waals surface area (Å²) < 4.78 is 5.21. The Morgan fingerprint density at radius 2 is 1.56 bits per heavy atom. The molecule has 1 unspecified atom stereocenters. The second-order valence-electron chi connectivity index (χ2n) is 4.46. The molecule has 0 aromatic heterocycles. The van der Waals surface area contributed by atoms with Gasteiger partial charge in [-0.2, -0.15) is 0 Å². The molecule has 0 aromatic carbocycles. The van der Waals surface area contributed by atoms with Gasteiger partial charge in [-0.3, -0.25) is 9.59 Å². The lowest BCUT2D eigenvalue weighted by atomic mass is 9.77. The summed E-state index contributed by atoms with van der Waals surface area (Å²) in [7, 11) is 0. The number of hydrogen-bond acceptors (Lipinski definition) is 3. The first kappa shape index (κ1) is 12.7. The maximum absolute atomic E-state index is 12.2. The standard InChI is InChI=1S/C13H18O3/c1-7-8(2)10(4)13(6,16-11(5)14)12(15)9(7)3/h1-6H3. The van der Waals surface area contributed by atoms with Crippen molar-refractivity contribution >= 4 is 11.8 Å². The normalized spacial score (nSPS) is 26.2. The van der Waals surface area contributed by atoms with Gasteiger partial charge in [0.2, 0.25) is 5.78 Å². The first-order valence-electron chi connectivity index (χ1n) is 5.32. The molecule has 0 heterocycles. The Labute approximate surface area is 96.2 Å². The van der Waals surface area contributed by atoms with Gasteiger partial charge in [0.25, 0.3) is 0 Å². The second kappa shape index (κ2) is 3.89. The van der Waals surface area contributed by atoms with E-state index in [0.29, 0.717) is 5.57 Å². The predicted molar refractivity (Wildman–Crippen MR) is 61.9 cm³/mol. The van der Waals surface area contributed by atoms with Gasteiger partial charge in [0.15, 0.2) is 5.60 Å². The SMILES string of the molecule is CC(=O)OC1(C)C(=O)C(C)=C(C)C(C)=C1C. The zero-order valence-electron chi connectivity index (χ0n) is 10.7. The molecule has 0 fully saturated rings. The Bertz CT molecular complexity index is 426. The van der Waals surface area contributed by atoms with Gasteiger partial charge in [0, 0.05) is 6.92 Å². The fourth-order valence-electron chi connectivity index (χ4n) is 2.03. The molecule has 1 atom stereocenters. The van der Waals surface area contributed by atoms with Crippen molar-refractivity contribution in [2.75, 3.05) is 0 Å².